The van der Waals surface area contributed by atoms with E-state index in [4.69, 9.17) is 0 Å². The van der Waals surface area contributed by atoms with Crippen LogP contribution in [0.2, 0.25) is 0 Å². The second-order valence-electron chi connectivity index (χ2n) is 14.9. The molecule has 0 radical (unpaired) electrons. The quantitative estimate of drug-likeness (QED) is 0.176. The third-order valence-electron chi connectivity index (χ3n) is 11.7. The molecule has 250 valence electrons. The van der Waals surface area contributed by atoms with Crippen molar-refractivity contribution in [2.75, 3.05) is 0 Å². The van der Waals surface area contributed by atoms with Gasteiger partial charge in [0.2, 0.25) is 0 Å². The van der Waals surface area contributed by atoms with Gasteiger partial charge in [0, 0.05) is 38.3 Å². The number of rotatable bonds is 4. The molecule has 0 unspecified atom stereocenters. The van der Waals surface area contributed by atoms with Crippen LogP contribution in [0.5, 0.6) is 0 Å². The summed E-state index contributed by atoms with van der Waals surface area (Å²) >= 11 is 0. The molecule has 0 saturated heterocycles. The number of fused-ring (bicyclic) bond motifs is 10. The van der Waals surface area contributed by atoms with Crippen LogP contribution in [0, 0.1) is 0 Å². The van der Waals surface area contributed by atoms with Gasteiger partial charge in [-0.05, 0) is 87.0 Å². The third kappa shape index (κ3) is 4.27. The van der Waals surface area contributed by atoms with Crippen LogP contribution in [-0.4, -0.2) is 9.13 Å². The zero-order valence-corrected chi connectivity index (χ0v) is 29.7. The molecule has 0 N–H and O–H groups in total. The summed E-state index contributed by atoms with van der Waals surface area (Å²) < 4.78 is 4.96. The van der Waals surface area contributed by atoms with E-state index in [2.05, 4.69) is 205 Å². The molecule has 0 atom stereocenters. The topological polar surface area (TPSA) is 9.86 Å². The lowest BCUT2D eigenvalue weighted by Crippen LogP contribution is -2.16. The number of hydrogen-bond donors (Lipinski definition) is 0. The van der Waals surface area contributed by atoms with Crippen molar-refractivity contribution in [3.05, 3.63) is 193 Å². The third-order valence-corrected chi connectivity index (χ3v) is 11.7. The molecule has 2 heterocycles. The lowest BCUT2D eigenvalue weighted by Gasteiger charge is -2.24. The molecular formula is C51H36N2. The summed E-state index contributed by atoms with van der Waals surface area (Å²) in [6.07, 6.45) is 0. The summed E-state index contributed by atoms with van der Waals surface area (Å²) in [5, 5.41) is 5.03. The van der Waals surface area contributed by atoms with E-state index in [1.54, 1.807) is 0 Å². The van der Waals surface area contributed by atoms with Crippen molar-refractivity contribution in [2.45, 2.75) is 19.3 Å². The van der Waals surface area contributed by atoms with Crippen LogP contribution in [-0.2, 0) is 5.41 Å². The highest BCUT2D eigenvalue weighted by atomic mass is 15.0. The summed E-state index contributed by atoms with van der Waals surface area (Å²) in [6, 6.07) is 67.0. The molecule has 0 amide bonds. The first-order valence-electron chi connectivity index (χ1n) is 18.5. The molecule has 11 rings (SSSR count). The van der Waals surface area contributed by atoms with E-state index in [9.17, 15) is 0 Å². The van der Waals surface area contributed by atoms with E-state index in [0.29, 0.717) is 0 Å². The minimum absolute atomic E-state index is 0.100. The van der Waals surface area contributed by atoms with Gasteiger partial charge in [0.05, 0.1) is 22.1 Å². The molecule has 2 aromatic heterocycles. The van der Waals surface area contributed by atoms with E-state index < -0.39 is 0 Å². The van der Waals surface area contributed by atoms with E-state index in [-0.39, 0.29) is 5.41 Å². The van der Waals surface area contributed by atoms with Crippen molar-refractivity contribution in [1.82, 2.24) is 9.13 Å². The predicted octanol–water partition coefficient (Wildman–Crippen LogP) is 13.5. The molecule has 0 fully saturated rings. The van der Waals surface area contributed by atoms with Crippen molar-refractivity contribution >= 4 is 43.6 Å². The Morgan fingerprint density at radius 2 is 0.962 bits per heavy atom. The Hall–Kier alpha value is -6.64. The summed E-state index contributed by atoms with van der Waals surface area (Å²) in [5.74, 6) is 0. The van der Waals surface area contributed by atoms with Gasteiger partial charge in [-0.25, -0.2) is 0 Å². The Morgan fingerprint density at radius 3 is 1.79 bits per heavy atom. The SMILES string of the molecule is CC1(C)c2ccccc2-c2cccc(-c3cccc(-n4c5ccccc5c5ccc6c(c7ccccc7n6-c6cccc(-c7ccccc7)c6)c54)c3)c21. The van der Waals surface area contributed by atoms with E-state index in [1.165, 1.54) is 88.1 Å². The highest BCUT2D eigenvalue weighted by molar-refractivity contribution is 6.26. The van der Waals surface area contributed by atoms with Crippen molar-refractivity contribution < 1.29 is 0 Å². The minimum atomic E-state index is -0.100. The second-order valence-corrected chi connectivity index (χ2v) is 14.9. The van der Waals surface area contributed by atoms with Crippen LogP contribution < -0.4 is 0 Å². The Bertz CT molecular complexity index is 3080. The van der Waals surface area contributed by atoms with Gasteiger partial charge in [0.25, 0.3) is 0 Å². The fourth-order valence-electron chi connectivity index (χ4n) is 9.41. The number of benzene rings is 8. The minimum Gasteiger partial charge on any atom is -0.309 e. The standard InChI is InChI=1S/C51H36N2/c1-51(2)44-26-9-6-21-39(44)41-25-14-24-38(49(41)51)35-18-13-20-37(32-35)53-45-27-10-7-22-40(45)42-29-30-47-48(50(42)53)43-23-8-11-28-46(43)52(47)36-19-12-17-34(31-36)33-15-4-3-5-16-33/h3-32H,1-2H3. The maximum atomic E-state index is 2.51. The summed E-state index contributed by atoms with van der Waals surface area (Å²) in [7, 11) is 0. The molecule has 1 aliphatic rings. The van der Waals surface area contributed by atoms with E-state index in [0.717, 1.165) is 11.4 Å². The predicted molar refractivity (Wildman–Crippen MR) is 224 cm³/mol. The molecule has 0 spiro atoms. The van der Waals surface area contributed by atoms with E-state index in [1.807, 2.05) is 0 Å². The second kappa shape index (κ2) is 11.2. The Morgan fingerprint density at radius 1 is 0.377 bits per heavy atom. The first kappa shape index (κ1) is 30.0. The van der Waals surface area contributed by atoms with Gasteiger partial charge in [-0.3, -0.25) is 0 Å². The Labute approximate surface area is 308 Å². The van der Waals surface area contributed by atoms with Crippen molar-refractivity contribution in [3.63, 3.8) is 0 Å². The average Bonchev–Trinajstić information content (AvgIpc) is 3.82. The van der Waals surface area contributed by atoms with E-state index >= 15 is 0 Å². The molecule has 10 aromatic rings. The zero-order valence-electron chi connectivity index (χ0n) is 29.7. The largest absolute Gasteiger partial charge is 0.309 e. The Kier molecular flexibility index (Phi) is 6.33. The molecule has 8 aromatic carbocycles. The highest BCUT2D eigenvalue weighted by Gasteiger charge is 2.37. The number of aromatic nitrogens is 2. The molecule has 1 aliphatic carbocycles. The van der Waals surface area contributed by atoms with Crippen LogP contribution in [0.4, 0.5) is 0 Å². The van der Waals surface area contributed by atoms with Crippen LogP contribution in [0.1, 0.15) is 25.0 Å². The first-order valence-corrected chi connectivity index (χ1v) is 18.5. The molecule has 0 saturated carbocycles. The van der Waals surface area contributed by atoms with Crippen LogP contribution in [0.25, 0.3) is 88.4 Å². The zero-order chi connectivity index (χ0) is 35.3. The average molecular weight is 677 g/mol. The molecule has 2 heteroatoms. The summed E-state index contributed by atoms with van der Waals surface area (Å²) in [5.41, 5.74) is 17.5. The van der Waals surface area contributed by atoms with Crippen LogP contribution in [0.15, 0.2) is 182 Å². The van der Waals surface area contributed by atoms with Gasteiger partial charge in [-0.15, -0.1) is 0 Å². The Balaban J connectivity index is 1.19. The molecule has 53 heavy (non-hydrogen) atoms. The van der Waals surface area contributed by atoms with Gasteiger partial charge in [-0.1, -0.05) is 153 Å². The van der Waals surface area contributed by atoms with Crippen molar-refractivity contribution in [1.29, 1.82) is 0 Å². The number of para-hydroxylation sites is 2. The number of hydrogen-bond acceptors (Lipinski definition) is 0. The molecule has 0 bridgehead atoms. The van der Waals surface area contributed by atoms with Crippen LogP contribution in [0.3, 0.4) is 0 Å². The molecular weight excluding hydrogens is 641 g/mol. The first-order chi connectivity index (χ1) is 26.1. The normalized spacial score (nSPS) is 13.2. The highest BCUT2D eigenvalue weighted by Crippen LogP contribution is 2.52. The maximum Gasteiger partial charge on any atom is 0.0641 e. The maximum absolute atomic E-state index is 2.51. The van der Waals surface area contributed by atoms with Gasteiger partial charge >= 0.3 is 0 Å². The van der Waals surface area contributed by atoms with Gasteiger partial charge in [0.1, 0.15) is 0 Å². The fourth-order valence-corrected chi connectivity index (χ4v) is 9.41. The summed E-state index contributed by atoms with van der Waals surface area (Å²) in [4.78, 5) is 0. The smallest absolute Gasteiger partial charge is 0.0641 e. The van der Waals surface area contributed by atoms with Crippen molar-refractivity contribution in [2.24, 2.45) is 0 Å². The monoisotopic (exact) mass is 676 g/mol. The molecule has 0 aliphatic heterocycles. The number of nitrogens with zero attached hydrogens (tertiary/aromatic N) is 2. The van der Waals surface area contributed by atoms with Gasteiger partial charge in [0.15, 0.2) is 0 Å². The van der Waals surface area contributed by atoms with Gasteiger partial charge < -0.3 is 9.13 Å². The molecule has 2 nitrogen and oxygen atoms in total. The van der Waals surface area contributed by atoms with Crippen molar-refractivity contribution in [3.8, 4) is 44.8 Å². The fraction of sp³-hybridized carbons (Fsp3) is 0.0588. The van der Waals surface area contributed by atoms with Gasteiger partial charge in [-0.2, -0.15) is 0 Å². The summed E-state index contributed by atoms with van der Waals surface area (Å²) in [6.45, 7) is 4.75. The lowest BCUT2D eigenvalue weighted by molar-refractivity contribution is 0.662. The lowest BCUT2D eigenvalue weighted by atomic mass is 9.79. The van der Waals surface area contributed by atoms with Crippen LogP contribution >= 0.6 is 0 Å².